The van der Waals surface area contributed by atoms with Crippen LogP contribution in [-0.2, 0) is 6.54 Å². The molecule has 100 valence electrons. The molecule has 2 aromatic carbocycles. The van der Waals surface area contributed by atoms with Crippen LogP contribution in [-0.4, -0.2) is 6.54 Å². The summed E-state index contributed by atoms with van der Waals surface area (Å²) in [6, 6.07) is 12.3. The van der Waals surface area contributed by atoms with Crippen LogP contribution in [0.3, 0.4) is 0 Å². The van der Waals surface area contributed by atoms with Gasteiger partial charge in [-0.3, -0.25) is 0 Å². The van der Waals surface area contributed by atoms with Crippen molar-refractivity contribution in [3.63, 3.8) is 0 Å². The van der Waals surface area contributed by atoms with Crippen molar-refractivity contribution < 1.29 is 9.13 Å². The van der Waals surface area contributed by atoms with E-state index in [1.54, 1.807) is 12.1 Å². The Hall–Kier alpha value is -1.39. The van der Waals surface area contributed by atoms with Crippen LogP contribution in [0.4, 0.5) is 4.39 Å². The molecule has 2 rings (SSSR count). The van der Waals surface area contributed by atoms with Gasteiger partial charge in [0, 0.05) is 16.6 Å². The minimum atomic E-state index is -0.374. The van der Waals surface area contributed by atoms with Gasteiger partial charge in [0.2, 0.25) is 0 Å². The van der Waals surface area contributed by atoms with Crippen LogP contribution in [0, 0.1) is 5.82 Å². The summed E-state index contributed by atoms with van der Waals surface area (Å²) in [5.41, 5.74) is 1.00. The number of para-hydroxylation sites is 1. The summed E-state index contributed by atoms with van der Waals surface area (Å²) in [5.74, 6) is 0.514. The highest BCUT2D eigenvalue weighted by atomic mass is 79.9. The van der Waals surface area contributed by atoms with Gasteiger partial charge in [-0.2, -0.15) is 0 Å². The molecular formula is C15H15BrFNO. The Balaban J connectivity index is 2.25. The fraction of sp³-hybridized carbons (Fsp3) is 0.200. The van der Waals surface area contributed by atoms with E-state index in [9.17, 15) is 4.39 Å². The summed E-state index contributed by atoms with van der Waals surface area (Å²) in [6.07, 6.45) is 0. The van der Waals surface area contributed by atoms with Crippen LogP contribution < -0.4 is 10.1 Å². The highest BCUT2D eigenvalue weighted by Gasteiger charge is 2.08. The van der Waals surface area contributed by atoms with E-state index in [0.717, 1.165) is 16.6 Å². The first-order chi connectivity index (χ1) is 9.20. The highest BCUT2D eigenvalue weighted by Crippen LogP contribution is 2.29. The Morgan fingerprint density at radius 3 is 2.74 bits per heavy atom. The molecule has 4 heteroatoms. The van der Waals surface area contributed by atoms with E-state index < -0.39 is 0 Å². The molecule has 0 aliphatic heterocycles. The van der Waals surface area contributed by atoms with Crippen LogP contribution in [0.5, 0.6) is 11.5 Å². The number of rotatable bonds is 5. The van der Waals surface area contributed by atoms with Gasteiger partial charge in [-0.25, -0.2) is 4.39 Å². The number of hydrogen-bond acceptors (Lipinski definition) is 2. The van der Waals surface area contributed by atoms with Gasteiger partial charge in [0.05, 0.1) is 0 Å². The number of halogens is 2. The van der Waals surface area contributed by atoms with E-state index in [-0.39, 0.29) is 11.6 Å². The van der Waals surface area contributed by atoms with Crippen LogP contribution in [0.2, 0.25) is 0 Å². The second-order valence-electron chi connectivity index (χ2n) is 4.06. The Morgan fingerprint density at radius 1 is 1.16 bits per heavy atom. The smallest absolute Gasteiger partial charge is 0.165 e. The molecule has 0 amide bonds. The zero-order valence-electron chi connectivity index (χ0n) is 10.6. The van der Waals surface area contributed by atoms with Gasteiger partial charge in [0.15, 0.2) is 11.6 Å². The molecule has 0 unspecified atom stereocenters. The lowest BCUT2D eigenvalue weighted by Crippen LogP contribution is -2.12. The summed E-state index contributed by atoms with van der Waals surface area (Å²) in [4.78, 5) is 0. The van der Waals surface area contributed by atoms with Gasteiger partial charge in [0.25, 0.3) is 0 Å². The lowest BCUT2D eigenvalue weighted by molar-refractivity contribution is 0.435. The van der Waals surface area contributed by atoms with Gasteiger partial charge >= 0.3 is 0 Å². The predicted molar refractivity (Wildman–Crippen MR) is 78.0 cm³/mol. The number of hydrogen-bond donors (Lipinski definition) is 1. The zero-order chi connectivity index (χ0) is 13.7. The standard InChI is InChI=1S/C15H15BrFNO/c1-2-18-10-11-5-3-4-6-14(11)19-15-9-12(16)7-8-13(15)17/h3-9,18H,2,10H2,1H3. The molecule has 19 heavy (non-hydrogen) atoms. The first-order valence-electron chi connectivity index (χ1n) is 6.12. The van der Waals surface area contributed by atoms with Crippen molar-refractivity contribution in [1.29, 1.82) is 0 Å². The molecule has 0 radical (unpaired) electrons. The van der Waals surface area contributed by atoms with Crippen molar-refractivity contribution in [3.05, 3.63) is 58.3 Å². The van der Waals surface area contributed by atoms with E-state index in [1.165, 1.54) is 6.07 Å². The van der Waals surface area contributed by atoms with Crippen molar-refractivity contribution in [2.75, 3.05) is 6.54 Å². The summed E-state index contributed by atoms with van der Waals surface area (Å²) in [7, 11) is 0. The van der Waals surface area contributed by atoms with Gasteiger partial charge in [-0.1, -0.05) is 41.1 Å². The molecule has 0 heterocycles. The summed E-state index contributed by atoms with van der Waals surface area (Å²) in [6.45, 7) is 3.61. The second-order valence-corrected chi connectivity index (χ2v) is 4.98. The van der Waals surface area contributed by atoms with Gasteiger partial charge in [-0.15, -0.1) is 0 Å². The van der Waals surface area contributed by atoms with Crippen LogP contribution >= 0.6 is 15.9 Å². The van der Waals surface area contributed by atoms with Crippen LogP contribution in [0.25, 0.3) is 0 Å². The van der Waals surface area contributed by atoms with Gasteiger partial charge in [0.1, 0.15) is 5.75 Å². The van der Waals surface area contributed by atoms with E-state index >= 15 is 0 Å². The van der Waals surface area contributed by atoms with Crippen LogP contribution in [0.1, 0.15) is 12.5 Å². The largest absolute Gasteiger partial charge is 0.454 e. The molecule has 0 aromatic heterocycles. The molecule has 1 N–H and O–H groups in total. The molecule has 0 spiro atoms. The first kappa shape index (κ1) is 14.0. The Morgan fingerprint density at radius 2 is 1.95 bits per heavy atom. The average molecular weight is 324 g/mol. The first-order valence-corrected chi connectivity index (χ1v) is 6.91. The quantitative estimate of drug-likeness (QED) is 0.875. The molecular weight excluding hydrogens is 309 g/mol. The Bertz CT molecular complexity index is 560. The molecule has 0 saturated heterocycles. The van der Waals surface area contributed by atoms with Crippen molar-refractivity contribution >= 4 is 15.9 Å². The molecule has 0 saturated carbocycles. The van der Waals surface area contributed by atoms with Crippen molar-refractivity contribution in [3.8, 4) is 11.5 Å². The maximum absolute atomic E-state index is 13.7. The maximum Gasteiger partial charge on any atom is 0.165 e. The third-order valence-electron chi connectivity index (χ3n) is 2.65. The molecule has 0 aliphatic rings. The Kier molecular flexibility index (Phi) is 4.93. The van der Waals surface area contributed by atoms with Crippen molar-refractivity contribution in [1.82, 2.24) is 5.32 Å². The normalized spacial score (nSPS) is 10.5. The lowest BCUT2D eigenvalue weighted by Gasteiger charge is -2.12. The summed E-state index contributed by atoms with van der Waals surface area (Å²) < 4.78 is 20.1. The fourth-order valence-corrected chi connectivity index (χ4v) is 2.02. The fourth-order valence-electron chi connectivity index (χ4n) is 1.68. The zero-order valence-corrected chi connectivity index (χ0v) is 12.2. The van der Waals surface area contributed by atoms with E-state index in [0.29, 0.717) is 12.3 Å². The van der Waals surface area contributed by atoms with Gasteiger partial charge in [-0.05, 0) is 30.8 Å². The van der Waals surface area contributed by atoms with E-state index in [2.05, 4.69) is 21.2 Å². The second kappa shape index (κ2) is 6.68. The number of nitrogens with one attached hydrogen (secondary N) is 1. The van der Waals surface area contributed by atoms with E-state index in [1.807, 2.05) is 31.2 Å². The molecule has 2 nitrogen and oxygen atoms in total. The monoisotopic (exact) mass is 323 g/mol. The molecule has 0 atom stereocenters. The Labute approximate surface area is 120 Å². The van der Waals surface area contributed by atoms with Crippen molar-refractivity contribution in [2.45, 2.75) is 13.5 Å². The lowest BCUT2D eigenvalue weighted by atomic mass is 10.2. The summed E-state index contributed by atoms with van der Waals surface area (Å²) in [5, 5.41) is 3.23. The SMILES string of the molecule is CCNCc1ccccc1Oc1cc(Br)ccc1F. The van der Waals surface area contributed by atoms with E-state index in [4.69, 9.17) is 4.74 Å². The molecule has 0 bridgehead atoms. The molecule has 0 aliphatic carbocycles. The van der Waals surface area contributed by atoms with Gasteiger partial charge < -0.3 is 10.1 Å². The topological polar surface area (TPSA) is 21.3 Å². The minimum absolute atomic E-state index is 0.221. The third kappa shape index (κ3) is 3.78. The number of benzene rings is 2. The molecule has 2 aromatic rings. The maximum atomic E-state index is 13.7. The summed E-state index contributed by atoms with van der Waals surface area (Å²) >= 11 is 3.31. The number of ether oxygens (including phenoxy) is 1. The van der Waals surface area contributed by atoms with Crippen LogP contribution in [0.15, 0.2) is 46.9 Å². The minimum Gasteiger partial charge on any atom is -0.454 e. The van der Waals surface area contributed by atoms with Crippen molar-refractivity contribution in [2.24, 2.45) is 0 Å². The molecule has 0 fully saturated rings. The third-order valence-corrected chi connectivity index (χ3v) is 3.14. The highest BCUT2D eigenvalue weighted by molar-refractivity contribution is 9.10. The average Bonchev–Trinajstić information content (AvgIpc) is 2.42. The predicted octanol–water partition coefficient (Wildman–Crippen LogP) is 4.49.